The summed E-state index contributed by atoms with van der Waals surface area (Å²) >= 11 is 0. The molecule has 0 aromatic heterocycles. The number of halogens is 6. The van der Waals surface area contributed by atoms with Crippen LogP contribution in [-0.4, -0.2) is 22.9 Å². The molecule has 19 heavy (non-hydrogen) atoms. The highest BCUT2D eigenvalue weighted by molar-refractivity contribution is 5.83. The Labute approximate surface area is 99.7 Å². The highest BCUT2D eigenvalue weighted by Gasteiger charge is 2.62. The van der Waals surface area contributed by atoms with Gasteiger partial charge in [0.2, 0.25) is 17.8 Å². The molecule has 0 saturated carbocycles. The van der Waals surface area contributed by atoms with Crippen molar-refractivity contribution in [3.05, 3.63) is 23.1 Å². The van der Waals surface area contributed by atoms with Crippen LogP contribution in [0.25, 0.3) is 0 Å². The van der Waals surface area contributed by atoms with Gasteiger partial charge in [-0.2, -0.15) is 0 Å². The van der Waals surface area contributed by atoms with E-state index in [-0.39, 0.29) is 6.15 Å². The molecule has 1 aliphatic rings. The Kier molecular flexibility index (Phi) is 5.06. The molecule has 0 amide bonds. The summed E-state index contributed by atoms with van der Waals surface area (Å²) in [4.78, 5) is 18.3. The van der Waals surface area contributed by atoms with E-state index < -0.39 is 40.9 Å². The Morgan fingerprint density at radius 2 is 1.63 bits per heavy atom. The third kappa shape index (κ3) is 2.14. The first-order valence-electron chi connectivity index (χ1n) is 3.93. The van der Waals surface area contributed by atoms with Crippen LogP contribution in [-0.2, 0) is 19.6 Å². The van der Waals surface area contributed by atoms with Crippen molar-refractivity contribution in [2.75, 3.05) is 0 Å². The molecule has 12 heteroatoms. The van der Waals surface area contributed by atoms with Gasteiger partial charge in [0.05, 0.1) is 0 Å². The van der Waals surface area contributed by atoms with E-state index in [1.165, 1.54) is 0 Å². The highest BCUT2D eigenvalue weighted by Crippen LogP contribution is 2.44. The maximum atomic E-state index is 13.6. The number of hydrogen-bond donors (Lipinski definition) is 2. The molecule has 0 aromatic carbocycles. The van der Waals surface area contributed by atoms with Gasteiger partial charge in [-0.1, -0.05) is 0 Å². The molecular formula is C7H5F6NO5. The van der Waals surface area contributed by atoms with Crippen molar-refractivity contribution in [2.45, 2.75) is 11.8 Å². The lowest BCUT2D eigenvalue weighted by molar-refractivity contribution is -0.178. The first-order valence-corrected chi connectivity index (χ1v) is 3.93. The zero-order chi connectivity index (χ0) is 14.1. The maximum Gasteiger partial charge on any atom is 0.352 e. The largest absolute Gasteiger partial charge is 0.478 e. The van der Waals surface area contributed by atoms with Gasteiger partial charge >= 0.3 is 5.97 Å². The molecule has 2 atom stereocenters. The van der Waals surface area contributed by atoms with E-state index in [4.69, 9.17) is 5.11 Å². The number of hydrogen-bond acceptors (Lipinski definition) is 5. The molecule has 0 spiro atoms. The molecule has 6 nitrogen and oxygen atoms in total. The normalized spacial score (nSPS) is 26.7. The van der Waals surface area contributed by atoms with Gasteiger partial charge in [0.15, 0.2) is 0 Å². The third-order valence-electron chi connectivity index (χ3n) is 2.08. The standard InChI is InChI=1S/C7H2F6O5.H3N/c8-4-2(17-12)1(16-11)3(18-13)5(9)7(4,10)6(14)15;/h4H,(H,14,15);1H3. The monoisotopic (exact) mass is 297 g/mol. The van der Waals surface area contributed by atoms with Crippen LogP contribution in [0.4, 0.5) is 26.7 Å². The summed E-state index contributed by atoms with van der Waals surface area (Å²) in [5.74, 6) is -11.6. The fourth-order valence-corrected chi connectivity index (χ4v) is 1.20. The van der Waals surface area contributed by atoms with Crippen molar-refractivity contribution in [2.24, 2.45) is 0 Å². The number of alkyl halides is 2. The van der Waals surface area contributed by atoms with Crippen LogP contribution in [0, 0.1) is 0 Å². The first-order chi connectivity index (χ1) is 8.35. The smallest absolute Gasteiger partial charge is 0.352 e. The number of carboxylic acids is 1. The van der Waals surface area contributed by atoms with Crippen LogP contribution in [0.1, 0.15) is 0 Å². The predicted molar refractivity (Wildman–Crippen MR) is 43.1 cm³/mol. The third-order valence-corrected chi connectivity index (χ3v) is 2.08. The van der Waals surface area contributed by atoms with Crippen LogP contribution < -0.4 is 6.15 Å². The Morgan fingerprint density at radius 3 is 1.95 bits per heavy atom. The summed E-state index contributed by atoms with van der Waals surface area (Å²) in [5.41, 5.74) is -4.55. The average Bonchev–Trinajstić information content (AvgIpc) is 2.35. The number of carboxylic acid groups (broad SMARTS) is 1. The summed E-state index contributed by atoms with van der Waals surface area (Å²) in [6, 6.07) is 0. The molecule has 0 aromatic rings. The molecule has 0 fully saturated rings. The molecule has 4 N–H and O–H groups in total. The van der Waals surface area contributed by atoms with E-state index in [2.05, 4.69) is 14.8 Å². The van der Waals surface area contributed by atoms with Crippen molar-refractivity contribution in [1.82, 2.24) is 6.15 Å². The average molecular weight is 297 g/mol. The van der Waals surface area contributed by atoms with Crippen LogP contribution in [0.15, 0.2) is 23.1 Å². The summed E-state index contributed by atoms with van der Waals surface area (Å²) in [7, 11) is 0. The minimum absolute atomic E-state index is 0. The lowest BCUT2D eigenvalue weighted by Crippen LogP contribution is -2.48. The summed E-state index contributed by atoms with van der Waals surface area (Å²) in [6.45, 7) is 0. The van der Waals surface area contributed by atoms with E-state index in [0.29, 0.717) is 0 Å². The summed E-state index contributed by atoms with van der Waals surface area (Å²) in [5, 5.41) is 8.32. The molecule has 0 radical (unpaired) electrons. The fraction of sp³-hybridized carbons (Fsp3) is 0.286. The summed E-state index contributed by atoms with van der Waals surface area (Å²) < 4.78 is 75.6. The zero-order valence-corrected chi connectivity index (χ0v) is 8.63. The molecule has 0 saturated heterocycles. The maximum absolute atomic E-state index is 13.6. The van der Waals surface area contributed by atoms with Gasteiger partial charge in [0, 0.05) is 13.6 Å². The van der Waals surface area contributed by atoms with Crippen molar-refractivity contribution in [3.8, 4) is 0 Å². The summed E-state index contributed by atoms with van der Waals surface area (Å²) in [6.07, 6.45) is -3.66. The zero-order valence-electron chi connectivity index (χ0n) is 8.63. The van der Waals surface area contributed by atoms with Gasteiger partial charge in [-0.3, -0.25) is 14.8 Å². The highest BCUT2D eigenvalue weighted by atomic mass is 19.3. The van der Waals surface area contributed by atoms with Crippen LogP contribution in [0.3, 0.4) is 0 Å². The van der Waals surface area contributed by atoms with Crippen LogP contribution in [0.5, 0.6) is 0 Å². The van der Waals surface area contributed by atoms with Crippen LogP contribution >= 0.6 is 0 Å². The molecule has 1 rings (SSSR count). The quantitative estimate of drug-likeness (QED) is 0.773. The van der Waals surface area contributed by atoms with Crippen molar-refractivity contribution in [3.63, 3.8) is 0 Å². The predicted octanol–water partition coefficient (Wildman–Crippen LogP) is 2.39. The second kappa shape index (κ2) is 5.69. The van der Waals surface area contributed by atoms with Crippen molar-refractivity contribution >= 4 is 5.97 Å². The van der Waals surface area contributed by atoms with Crippen LogP contribution in [0.2, 0.25) is 0 Å². The van der Waals surface area contributed by atoms with Gasteiger partial charge in [-0.05, 0) is 0 Å². The number of carbonyl (C=O) groups is 1. The number of rotatable bonds is 4. The fourth-order valence-electron chi connectivity index (χ4n) is 1.20. The second-order valence-corrected chi connectivity index (χ2v) is 2.95. The van der Waals surface area contributed by atoms with Gasteiger partial charge in [0.1, 0.15) is 0 Å². The van der Waals surface area contributed by atoms with E-state index in [1.807, 2.05) is 0 Å². The number of aliphatic carboxylic acids is 1. The molecule has 0 heterocycles. The molecule has 110 valence electrons. The van der Waals surface area contributed by atoms with Crippen molar-refractivity contribution in [1.29, 1.82) is 0 Å². The Hall–Kier alpha value is -2.11. The number of allylic oxidation sites excluding steroid dienone is 1. The SMILES string of the molecule is N.O=C(O)C1(F)C(F)=C(OF)C(OF)=C(OF)C1F. The molecule has 0 bridgehead atoms. The van der Waals surface area contributed by atoms with E-state index in [0.717, 1.165) is 0 Å². The minimum Gasteiger partial charge on any atom is -0.478 e. The minimum atomic E-state index is -4.55. The molecular weight excluding hydrogens is 292 g/mol. The molecule has 1 aliphatic carbocycles. The molecule has 2 unspecified atom stereocenters. The van der Waals surface area contributed by atoms with Crippen molar-refractivity contribution < 1.29 is 51.5 Å². The lowest BCUT2D eigenvalue weighted by atomic mass is 9.91. The Balaban J connectivity index is 0.00000324. The second-order valence-electron chi connectivity index (χ2n) is 2.95. The topological polar surface area (TPSA) is 100.0 Å². The Morgan fingerprint density at radius 1 is 1.16 bits per heavy atom. The van der Waals surface area contributed by atoms with Gasteiger partial charge in [0.25, 0.3) is 17.2 Å². The van der Waals surface area contributed by atoms with E-state index in [1.54, 1.807) is 0 Å². The van der Waals surface area contributed by atoms with E-state index >= 15 is 0 Å². The van der Waals surface area contributed by atoms with Gasteiger partial charge in [-0.25, -0.2) is 18.0 Å². The van der Waals surface area contributed by atoms with Gasteiger partial charge in [-0.15, -0.1) is 0 Å². The lowest BCUT2D eigenvalue weighted by Gasteiger charge is -2.27. The molecule has 0 aliphatic heterocycles. The van der Waals surface area contributed by atoms with E-state index in [9.17, 15) is 31.5 Å². The van der Waals surface area contributed by atoms with Gasteiger partial charge < -0.3 is 11.3 Å². The first kappa shape index (κ1) is 16.9. The Bertz CT molecular complexity index is 440.